The number of Topliss-reactive ketones (excluding diaryl/α,β-unsaturated/α-hetero) is 1. The maximum Gasteiger partial charge on any atom is 0.273 e. The van der Waals surface area contributed by atoms with Crippen LogP contribution in [-0.2, 0) is 6.54 Å². The molecule has 0 fully saturated rings. The number of non-ortho nitro benzene ring substituents is 1. The Balaban J connectivity index is 2.15. The molecule has 0 saturated heterocycles. The number of aryl methyl sites for hydroxylation is 1. The van der Waals surface area contributed by atoms with Gasteiger partial charge in [0, 0.05) is 29.6 Å². The number of ketones is 1. The molecule has 0 aliphatic rings. The van der Waals surface area contributed by atoms with Gasteiger partial charge < -0.3 is 14.0 Å². The van der Waals surface area contributed by atoms with Crippen molar-refractivity contribution in [2.75, 3.05) is 13.7 Å². The Labute approximate surface area is 146 Å². The number of nitrogens with zero attached hydrogens (tertiary/aromatic N) is 2. The first kappa shape index (κ1) is 18.5. The molecule has 0 aliphatic heterocycles. The van der Waals surface area contributed by atoms with Gasteiger partial charge in [-0.25, -0.2) is 0 Å². The van der Waals surface area contributed by atoms with Crippen molar-refractivity contribution < 1.29 is 19.2 Å². The highest BCUT2D eigenvalue weighted by Crippen LogP contribution is 2.31. The van der Waals surface area contributed by atoms with Gasteiger partial charge in [-0.2, -0.15) is 0 Å². The lowest BCUT2D eigenvalue weighted by Gasteiger charge is -2.10. The lowest BCUT2D eigenvalue weighted by Crippen LogP contribution is -2.13. The molecule has 0 N–H and O–H groups in total. The van der Waals surface area contributed by atoms with Crippen LogP contribution < -0.4 is 9.47 Å². The first-order valence-electron chi connectivity index (χ1n) is 8.04. The molecule has 0 saturated carbocycles. The number of nitro benzene ring substituents is 1. The zero-order chi connectivity index (χ0) is 18.6. The average molecular weight is 346 g/mol. The second-order valence-electron chi connectivity index (χ2n) is 5.74. The molecule has 2 rings (SSSR count). The third-order valence-corrected chi connectivity index (χ3v) is 4.04. The van der Waals surface area contributed by atoms with E-state index in [2.05, 4.69) is 11.5 Å². The van der Waals surface area contributed by atoms with Gasteiger partial charge in [-0.1, -0.05) is 6.92 Å². The fourth-order valence-electron chi connectivity index (χ4n) is 2.76. The number of carbonyl (C=O) groups is 1. The minimum atomic E-state index is -0.514. The van der Waals surface area contributed by atoms with Gasteiger partial charge in [0.05, 0.1) is 18.1 Å². The Bertz CT molecular complexity index is 795. The molecule has 0 amide bonds. The summed E-state index contributed by atoms with van der Waals surface area (Å²) in [5.41, 5.74) is 2.49. The van der Waals surface area contributed by atoms with Crippen LogP contribution in [0.1, 0.15) is 35.1 Å². The number of ether oxygens (including phenoxy) is 2. The van der Waals surface area contributed by atoms with Gasteiger partial charge in [-0.15, -0.1) is 0 Å². The number of hydrogen-bond donors (Lipinski definition) is 0. The van der Waals surface area contributed by atoms with Gasteiger partial charge in [-0.05, 0) is 32.4 Å². The summed E-state index contributed by atoms with van der Waals surface area (Å²) in [6.45, 7) is 6.68. The summed E-state index contributed by atoms with van der Waals surface area (Å²) in [6, 6.07) is 5.89. The van der Waals surface area contributed by atoms with Crippen LogP contribution in [-0.4, -0.2) is 29.0 Å². The number of carbonyl (C=O) groups excluding carboxylic acids is 1. The Morgan fingerprint density at radius 3 is 2.56 bits per heavy atom. The molecule has 0 atom stereocenters. The molecule has 7 heteroatoms. The van der Waals surface area contributed by atoms with Crippen LogP contribution in [0.15, 0.2) is 24.3 Å². The maximum atomic E-state index is 12.5. The molecule has 0 radical (unpaired) electrons. The van der Waals surface area contributed by atoms with Crippen molar-refractivity contribution in [2.24, 2.45) is 0 Å². The summed E-state index contributed by atoms with van der Waals surface area (Å²) >= 11 is 0. The highest BCUT2D eigenvalue weighted by Gasteiger charge is 2.18. The molecular weight excluding hydrogens is 324 g/mol. The first-order chi connectivity index (χ1) is 11.9. The van der Waals surface area contributed by atoms with Crippen LogP contribution in [0.2, 0.25) is 0 Å². The van der Waals surface area contributed by atoms with E-state index in [1.807, 2.05) is 19.9 Å². The summed E-state index contributed by atoms with van der Waals surface area (Å²) in [7, 11) is 1.39. The van der Waals surface area contributed by atoms with Crippen molar-refractivity contribution in [3.05, 3.63) is 51.3 Å². The normalized spacial score (nSPS) is 10.6. The van der Waals surface area contributed by atoms with Gasteiger partial charge in [0.2, 0.25) is 5.78 Å². The number of nitro groups is 1. The smallest absolute Gasteiger partial charge is 0.273 e. The second-order valence-corrected chi connectivity index (χ2v) is 5.74. The van der Waals surface area contributed by atoms with E-state index in [1.165, 1.54) is 25.3 Å². The molecule has 1 aromatic heterocycles. The zero-order valence-electron chi connectivity index (χ0n) is 14.9. The van der Waals surface area contributed by atoms with E-state index in [1.54, 1.807) is 0 Å². The fraction of sp³-hybridized carbons (Fsp3) is 0.389. The van der Waals surface area contributed by atoms with Gasteiger partial charge in [-0.3, -0.25) is 14.9 Å². The standard InChI is InChI=1S/C18H22N2O5/c1-5-8-19-12(2)9-15(13(19)3)16(21)11-25-17-7-6-14(20(22)23)10-18(17)24-4/h6-7,9-10H,5,8,11H2,1-4H3. The van der Waals surface area contributed by atoms with Gasteiger partial charge in [0.25, 0.3) is 5.69 Å². The SMILES string of the molecule is CCCn1c(C)cc(C(=O)COc2ccc([N+](=O)[O-])cc2OC)c1C. The average Bonchev–Trinajstić information content (AvgIpc) is 2.88. The van der Waals surface area contributed by atoms with Gasteiger partial charge >= 0.3 is 0 Å². The van der Waals surface area contributed by atoms with Crippen molar-refractivity contribution >= 4 is 11.5 Å². The molecule has 0 spiro atoms. The number of rotatable bonds is 8. The van der Waals surface area contributed by atoms with Crippen molar-refractivity contribution in [1.29, 1.82) is 0 Å². The third-order valence-electron chi connectivity index (χ3n) is 4.04. The quantitative estimate of drug-likeness (QED) is 0.413. The number of benzene rings is 1. The summed E-state index contributed by atoms with van der Waals surface area (Å²) in [5.74, 6) is 0.373. The van der Waals surface area contributed by atoms with Crippen LogP contribution in [0.5, 0.6) is 11.5 Å². The Hall–Kier alpha value is -2.83. The topological polar surface area (TPSA) is 83.6 Å². The third kappa shape index (κ3) is 3.99. The summed E-state index contributed by atoms with van der Waals surface area (Å²) in [5, 5.41) is 10.8. The molecule has 1 heterocycles. The summed E-state index contributed by atoms with van der Waals surface area (Å²) < 4.78 is 12.8. The van der Waals surface area contributed by atoms with Crippen LogP contribution in [0.25, 0.3) is 0 Å². The minimum Gasteiger partial charge on any atom is -0.493 e. The van der Waals surface area contributed by atoms with E-state index in [4.69, 9.17) is 9.47 Å². The summed E-state index contributed by atoms with van der Waals surface area (Å²) in [6.07, 6.45) is 0.987. The van der Waals surface area contributed by atoms with Crippen LogP contribution >= 0.6 is 0 Å². The molecule has 0 aliphatic carbocycles. The van der Waals surface area contributed by atoms with Crippen molar-refractivity contribution in [3.63, 3.8) is 0 Å². The van der Waals surface area contributed by atoms with Crippen LogP contribution in [0, 0.1) is 24.0 Å². The largest absolute Gasteiger partial charge is 0.493 e. The van der Waals surface area contributed by atoms with Crippen LogP contribution in [0.3, 0.4) is 0 Å². The maximum absolute atomic E-state index is 12.5. The molecule has 7 nitrogen and oxygen atoms in total. The highest BCUT2D eigenvalue weighted by atomic mass is 16.6. The Morgan fingerprint density at radius 1 is 1.24 bits per heavy atom. The Kier molecular flexibility index (Phi) is 5.80. The molecule has 0 bridgehead atoms. The van der Waals surface area contributed by atoms with E-state index in [-0.39, 0.29) is 23.8 Å². The molecule has 0 unspecified atom stereocenters. The van der Waals surface area contributed by atoms with Crippen molar-refractivity contribution in [2.45, 2.75) is 33.7 Å². The van der Waals surface area contributed by atoms with E-state index in [0.29, 0.717) is 11.3 Å². The van der Waals surface area contributed by atoms with Gasteiger partial charge in [0.15, 0.2) is 18.1 Å². The number of methoxy groups -OCH3 is 1. The number of hydrogen-bond acceptors (Lipinski definition) is 5. The first-order valence-corrected chi connectivity index (χ1v) is 8.04. The van der Waals surface area contributed by atoms with E-state index in [9.17, 15) is 14.9 Å². The predicted octanol–water partition coefficient (Wildman–Crippen LogP) is 3.69. The monoisotopic (exact) mass is 346 g/mol. The van der Waals surface area contributed by atoms with Gasteiger partial charge in [0.1, 0.15) is 0 Å². The molecule has 134 valence electrons. The van der Waals surface area contributed by atoms with E-state index < -0.39 is 4.92 Å². The Morgan fingerprint density at radius 2 is 1.96 bits per heavy atom. The molecule has 2 aromatic rings. The molecule has 25 heavy (non-hydrogen) atoms. The van der Waals surface area contributed by atoms with Crippen molar-refractivity contribution in [3.8, 4) is 11.5 Å². The predicted molar refractivity (Wildman–Crippen MR) is 93.7 cm³/mol. The number of aromatic nitrogens is 1. The van der Waals surface area contributed by atoms with E-state index >= 15 is 0 Å². The second kappa shape index (κ2) is 7.83. The molecule has 1 aromatic carbocycles. The van der Waals surface area contributed by atoms with Crippen molar-refractivity contribution in [1.82, 2.24) is 4.57 Å². The van der Waals surface area contributed by atoms with Crippen LogP contribution in [0.4, 0.5) is 5.69 Å². The lowest BCUT2D eigenvalue weighted by molar-refractivity contribution is -0.384. The highest BCUT2D eigenvalue weighted by molar-refractivity contribution is 5.98. The van der Waals surface area contributed by atoms with E-state index in [0.717, 1.165) is 24.4 Å². The zero-order valence-corrected chi connectivity index (χ0v) is 14.9. The minimum absolute atomic E-state index is 0.0985. The molecular formula is C18H22N2O5. The summed E-state index contributed by atoms with van der Waals surface area (Å²) in [4.78, 5) is 22.8. The lowest BCUT2D eigenvalue weighted by atomic mass is 10.1. The fourth-order valence-corrected chi connectivity index (χ4v) is 2.76.